The number of nitrogen functional groups attached to an aromatic ring is 1. The Kier molecular flexibility index (Phi) is 3.13. The van der Waals surface area contributed by atoms with E-state index < -0.39 is 24.5 Å². The minimum Gasteiger partial charge on any atom is -0.387 e. The summed E-state index contributed by atoms with van der Waals surface area (Å²) in [6.45, 7) is 1.82. The average molecular weight is 277 g/mol. The van der Waals surface area contributed by atoms with Crippen molar-refractivity contribution in [2.75, 3.05) is 5.73 Å². The largest absolute Gasteiger partial charge is 0.387 e. The second kappa shape index (κ2) is 4.82. The lowest BCUT2D eigenvalue weighted by Crippen LogP contribution is -2.30. The molecule has 3 heterocycles. The third kappa shape index (κ3) is 1.85. The van der Waals surface area contributed by atoms with Gasteiger partial charge in [0, 0.05) is 0 Å². The molecular formula is C12H15N5O3. The molecule has 1 aliphatic heterocycles. The highest BCUT2D eigenvalue weighted by molar-refractivity contribution is 5.81. The summed E-state index contributed by atoms with van der Waals surface area (Å²) in [6, 6.07) is 0. The van der Waals surface area contributed by atoms with Crippen LogP contribution in [0, 0.1) is 0 Å². The van der Waals surface area contributed by atoms with Gasteiger partial charge in [-0.05, 0) is 6.92 Å². The lowest BCUT2D eigenvalue weighted by atomic mass is 10.1. The van der Waals surface area contributed by atoms with Gasteiger partial charge in [0.05, 0.1) is 6.33 Å². The van der Waals surface area contributed by atoms with E-state index in [1.807, 2.05) is 6.92 Å². The zero-order valence-corrected chi connectivity index (χ0v) is 10.8. The number of aliphatic hydroxyl groups excluding tert-OH is 2. The molecule has 0 saturated carbocycles. The van der Waals surface area contributed by atoms with Crippen LogP contribution in [-0.2, 0) is 4.74 Å². The maximum absolute atomic E-state index is 10.1. The van der Waals surface area contributed by atoms with E-state index in [1.54, 1.807) is 16.7 Å². The third-order valence-corrected chi connectivity index (χ3v) is 3.32. The molecule has 1 saturated heterocycles. The number of hydrogen-bond donors (Lipinski definition) is 3. The van der Waals surface area contributed by atoms with Crippen molar-refractivity contribution in [3.63, 3.8) is 0 Å². The number of ether oxygens (including phenoxy) is 1. The first kappa shape index (κ1) is 13.0. The molecule has 0 bridgehead atoms. The van der Waals surface area contributed by atoms with Crippen LogP contribution in [0.5, 0.6) is 0 Å². The third-order valence-electron chi connectivity index (χ3n) is 3.32. The quantitative estimate of drug-likeness (QED) is 0.639. The fourth-order valence-electron chi connectivity index (χ4n) is 2.32. The van der Waals surface area contributed by atoms with Crippen molar-refractivity contribution in [2.24, 2.45) is 0 Å². The summed E-state index contributed by atoms with van der Waals surface area (Å²) >= 11 is 0. The van der Waals surface area contributed by atoms with Crippen LogP contribution < -0.4 is 5.73 Å². The SMILES string of the molecule is C/C=C/[C@H]1O[C@@H](n2cnc3c(N)ncnc32)[C@H](O)[C@@H]1O. The molecule has 0 aromatic carbocycles. The number of hydrogen-bond acceptors (Lipinski definition) is 7. The van der Waals surface area contributed by atoms with Crippen molar-refractivity contribution < 1.29 is 14.9 Å². The molecule has 0 spiro atoms. The highest BCUT2D eigenvalue weighted by atomic mass is 16.6. The van der Waals surface area contributed by atoms with Crippen LogP contribution in [0.4, 0.5) is 5.82 Å². The molecule has 8 nitrogen and oxygen atoms in total. The Labute approximate surface area is 114 Å². The summed E-state index contributed by atoms with van der Waals surface area (Å²) in [5.41, 5.74) is 6.61. The van der Waals surface area contributed by atoms with Crippen LogP contribution in [0.2, 0.25) is 0 Å². The molecule has 2 aromatic rings. The van der Waals surface area contributed by atoms with E-state index in [9.17, 15) is 10.2 Å². The van der Waals surface area contributed by atoms with E-state index in [-0.39, 0.29) is 5.82 Å². The van der Waals surface area contributed by atoms with Gasteiger partial charge in [-0.3, -0.25) is 4.57 Å². The monoisotopic (exact) mass is 277 g/mol. The van der Waals surface area contributed by atoms with Crippen molar-refractivity contribution >= 4 is 17.0 Å². The summed E-state index contributed by atoms with van der Waals surface area (Å²) in [7, 11) is 0. The van der Waals surface area contributed by atoms with E-state index in [4.69, 9.17) is 10.5 Å². The average Bonchev–Trinajstić information content (AvgIpc) is 2.97. The van der Waals surface area contributed by atoms with Crippen molar-refractivity contribution in [3.8, 4) is 0 Å². The summed E-state index contributed by atoms with van der Waals surface area (Å²) in [5.74, 6) is 0.256. The van der Waals surface area contributed by atoms with E-state index in [0.717, 1.165) is 0 Å². The number of fused-ring (bicyclic) bond motifs is 1. The topological polar surface area (TPSA) is 119 Å². The molecule has 2 aromatic heterocycles. The minimum absolute atomic E-state index is 0.256. The summed E-state index contributed by atoms with van der Waals surface area (Å²) in [4.78, 5) is 12.1. The molecule has 3 rings (SSSR count). The molecule has 106 valence electrons. The van der Waals surface area contributed by atoms with Gasteiger partial charge in [0.1, 0.15) is 30.2 Å². The second-order valence-corrected chi connectivity index (χ2v) is 4.58. The lowest BCUT2D eigenvalue weighted by Gasteiger charge is -2.16. The van der Waals surface area contributed by atoms with E-state index in [2.05, 4.69) is 15.0 Å². The molecule has 1 fully saturated rings. The molecule has 1 aliphatic rings. The molecule has 4 atom stereocenters. The zero-order chi connectivity index (χ0) is 14.3. The Morgan fingerprint density at radius 2 is 2.10 bits per heavy atom. The second-order valence-electron chi connectivity index (χ2n) is 4.58. The highest BCUT2D eigenvalue weighted by Crippen LogP contribution is 2.32. The summed E-state index contributed by atoms with van der Waals surface area (Å²) in [5, 5.41) is 20.1. The van der Waals surface area contributed by atoms with E-state index in [1.165, 1.54) is 12.7 Å². The van der Waals surface area contributed by atoms with Gasteiger partial charge in [0.25, 0.3) is 0 Å². The summed E-state index contributed by atoms with van der Waals surface area (Å²) in [6.07, 6.45) is 2.80. The standard InChI is InChI=1S/C12H15N5O3/c1-2-3-6-8(18)9(19)12(20-6)17-5-16-7-10(13)14-4-15-11(7)17/h2-6,8-9,12,18-19H,1H3,(H2,13,14,15)/b3-2+/t6-,8-,9-,12-/m1/s1. The molecular weight excluding hydrogens is 262 g/mol. The molecule has 0 amide bonds. The number of nitrogens with zero attached hydrogens (tertiary/aromatic N) is 4. The van der Waals surface area contributed by atoms with Crippen LogP contribution in [0.1, 0.15) is 13.2 Å². The van der Waals surface area contributed by atoms with Gasteiger partial charge in [-0.2, -0.15) is 0 Å². The van der Waals surface area contributed by atoms with Gasteiger partial charge in [0.15, 0.2) is 17.7 Å². The van der Waals surface area contributed by atoms with E-state index >= 15 is 0 Å². The van der Waals surface area contributed by atoms with Gasteiger partial charge in [-0.25, -0.2) is 15.0 Å². The lowest BCUT2D eigenvalue weighted by molar-refractivity contribution is -0.0244. The van der Waals surface area contributed by atoms with Gasteiger partial charge in [-0.1, -0.05) is 12.2 Å². The fourth-order valence-corrected chi connectivity index (χ4v) is 2.32. The Bertz CT molecular complexity index is 656. The fraction of sp³-hybridized carbons (Fsp3) is 0.417. The first-order valence-corrected chi connectivity index (χ1v) is 6.21. The number of aliphatic hydroxyl groups is 2. The van der Waals surface area contributed by atoms with Gasteiger partial charge in [-0.15, -0.1) is 0 Å². The maximum atomic E-state index is 10.1. The number of nitrogens with two attached hydrogens (primary N) is 1. The molecule has 0 radical (unpaired) electrons. The van der Waals surface area contributed by atoms with Crippen molar-refractivity contribution in [1.29, 1.82) is 0 Å². The van der Waals surface area contributed by atoms with Crippen LogP contribution in [0.15, 0.2) is 24.8 Å². The van der Waals surface area contributed by atoms with Gasteiger partial charge >= 0.3 is 0 Å². The van der Waals surface area contributed by atoms with Gasteiger partial charge in [0.2, 0.25) is 0 Å². The maximum Gasteiger partial charge on any atom is 0.167 e. The van der Waals surface area contributed by atoms with Gasteiger partial charge < -0.3 is 20.7 Å². The molecule has 0 unspecified atom stereocenters. The van der Waals surface area contributed by atoms with Crippen LogP contribution in [-0.4, -0.2) is 48.0 Å². The highest BCUT2D eigenvalue weighted by Gasteiger charge is 2.43. The Morgan fingerprint density at radius 1 is 1.30 bits per heavy atom. The van der Waals surface area contributed by atoms with Crippen LogP contribution in [0.3, 0.4) is 0 Å². The first-order chi connectivity index (χ1) is 9.63. The van der Waals surface area contributed by atoms with Crippen LogP contribution >= 0.6 is 0 Å². The van der Waals surface area contributed by atoms with Crippen molar-refractivity contribution in [1.82, 2.24) is 19.5 Å². The van der Waals surface area contributed by atoms with Crippen molar-refractivity contribution in [2.45, 2.75) is 31.5 Å². The van der Waals surface area contributed by atoms with Crippen molar-refractivity contribution in [3.05, 3.63) is 24.8 Å². The smallest absolute Gasteiger partial charge is 0.167 e. The van der Waals surface area contributed by atoms with E-state index in [0.29, 0.717) is 11.2 Å². The Balaban J connectivity index is 2.02. The number of anilines is 1. The molecule has 0 aliphatic carbocycles. The molecule has 8 heteroatoms. The normalized spacial score (nSPS) is 30.6. The molecule has 4 N–H and O–H groups in total. The number of aromatic nitrogens is 4. The Hall–Kier alpha value is -2.03. The summed E-state index contributed by atoms with van der Waals surface area (Å²) < 4.78 is 7.20. The Morgan fingerprint density at radius 3 is 2.85 bits per heavy atom. The predicted molar refractivity (Wildman–Crippen MR) is 70.5 cm³/mol. The van der Waals surface area contributed by atoms with Crippen LogP contribution in [0.25, 0.3) is 11.2 Å². The predicted octanol–water partition coefficient (Wildman–Crippen LogP) is -0.396. The number of rotatable bonds is 2. The molecule has 20 heavy (non-hydrogen) atoms. The number of imidazole rings is 1. The zero-order valence-electron chi connectivity index (χ0n) is 10.8. The first-order valence-electron chi connectivity index (χ1n) is 6.21. The number of allylic oxidation sites excluding steroid dienone is 1. The minimum atomic E-state index is -1.08.